The molecule has 1 aromatic carbocycles. The van der Waals surface area contributed by atoms with E-state index in [0.717, 1.165) is 12.0 Å². The normalized spacial score (nSPS) is 20.1. The van der Waals surface area contributed by atoms with Crippen LogP contribution in [0, 0.1) is 17.3 Å². The van der Waals surface area contributed by atoms with Gasteiger partial charge < -0.3 is 5.11 Å². The lowest BCUT2D eigenvalue weighted by Gasteiger charge is -2.08. The third-order valence-electron chi connectivity index (χ3n) is 3.44. The average molecular weight is 293 g/mol. The molecule has 1 aliphatic rings. The highest BCUT2D eigenvalue weighted by Crippen LogP contribution is 2.45. The topological polar surface area (TPSA) is 66.4 Å². The molecule has 0 amide bonds. The number of aliphatic hydroxyl groups is 1. The third kappa shape index (κ3) is 3.60. The minimum Gasteiger partial charge on any atom is -0.395 e. The summed E-state index contributed by atoms with van der Waals surface area (Å²) < 4.78 is 27.0. The quantitative estimate of drug-likeness (QED) is 0.827. The molecule has 1 aromatic rings. The van der Waals surface area contributed by atoms with E-state index in [1.54, 1.807) is 24.3 Å². The molecule has 0 spiro atoms. The maximum absolute atomic E-state index is 12.2. The summed E-state index contributed by atoms with van der Waals surface area (Å²) in [6.45, 7) is 4.11. The third-order valence-corrected chi connectivity index (χ3v) is 4.93. The molecule has 20 heavy (non-hydrogen) atoms. The SMILES string of the molecule is CC1(C)CC1NS(=O)(=O)c1ccc(C#CCCO)cc1. The van der Waals surface area contributed by atoms with Gasteiger partial charge in [0.1, 0.15) is 0 Å². The minimum atomic E-state index is -3.45. The van der Waals surface area contributed by atoms with Crippen molar-refractivity contribution in [2.24, 2.45) is 5.41 Å². The number of hydrogen-bond acceptors (Lipinski definition) is 3. The second-order valence-corrected chi connectivity index (χ2v) is 7.38. The van der Waals surface area contributed by atoms with Crippen LogP contribution in [0.3, 0.4) is 0 Å². The van der Waals surface area contributed by atoms with Crippen LogP contribution in [-0.2, 0) is 10.0 Å². The first-order valence-electron chi connectivity index (χ1n) is 6.57. The minimum absolute atomic E-state index is 0.0246. The van der Waals surface area contributed by atoms with E-state index in [-0.39, 0.29) is 23.0 Å². The van der Waals surface area contributed by atoms with Gasteiger partial charge in [-0.1, -0.05) is 25.7 Å². The molecule has 1 saturated carbocycles. The van der Waals surface area contributed by atoms with E-state index in [1.807, 2.05) is 13.8 Å². The molecule has 0 saturated heterocycles. The summed E-state index contributed by atoms with van der Waals surface area (Å²) in [5.41, 5.74) is 0.798. The molecule has 4 nitrogen and oxygen atoms in total. The van der Waals surface area contributed by atoms with Crippen molar-refractivity contribution in [2.45, 2.75) is 37.6 Å². The molecule has 108 valence electrons. The maximum Gasteiger partial charge on any atom is 0.240 e. The van der Waals surface area contributed by atoms with Crippen molar-refractivity contribution in [3.63, 3.8) is 0 Å². The van der Waals surface area contributed by atoms with Gasteiger partial charge in [-0.3, -0.25) is 0 Å². The number of benzene rings is 1. The van der Waals surface area contributed by atoms with E-state index in [4.69, 9.17) is 5.11 Å². The van der Waals surface area contributed by atoms with E-state index in [2.05, 4.69) is 16.6 Å². The zero-order chi connectivity index (χ0) is 14.8. The molecule has 2 N–H and O–H groups in total. The zero-order valence-corrected chi connectivity index (χ0v) is 12.5. The Morgan fingerprint density at radius 2 is 1.95 bits per heavy atom. The van der Waals surface area contributed by atoms with Gasteiger partial charge in [0, 0.05) is 18.0 Å². The van der Waals surface area contributed by atoms with Crippen molar-refractivity contribution >= 4 is 10.0 Å². The second-order valence-electron chi connectivity index (χ2n) is 5.67. The highest BCUT2D eigenvalue weighted by atomic mass is 32.2. The molecule has 1 aliphatic carbocycles. The molecule has 0 heterocycles. The van der Waals surface area contributed by atoms with E-state index in [1.165, 1.54) is 0 Å². The van der Waals surface area contributed by atoms with Gasteiger partial charge in [-0.15, -0.1) is 0 Å². The van der Waals surface area contributed by atoms with Crippen molar-refractivity contribution in [3.8, 4) is 11.8 Å². The van der Waals surface area contributed by atoms with E-state index < -0.39 is 10.0 Å². The first-order chi connectivity index (χ1) is 9.35. The van der Waals surface area contributed by atoms with Gasteiger partial charge in [0.05, 0.1) is 11.5 Å². The molecule has 2 rings (SSSR count). The lowest BCUT2D eigenvalue weighted by atomic mass is 10.2. The largest absolute Gasteiger partial charge is 0.395 e. The molecule has 5 heteroatoms. The van der Waals surface area contributed by atoms with Crippen LogP contribution in [0.15, 0.2) is 29.2 Å². The summed E-state index contributed by atoms with van der Waals surface area (Å²) in [5, 5.41) is 8.64. The average Bonchev–Trinajstić information content (AvgIpc) is 2.96. The highest BCUT2D eigenvalue weighted by Gasteiger charge is 2.47. The second kappa shape index (κ2) is 5.57. The molecule has 0 radical (unpaired) electrons. The maximum atomic E-state index is 12.2. The van der Waals surface area contributed by atoms with Crippen molar-refractivity contribution in [1.29, 1.82) is 0 Å². The standard InChI is InChI=1S/C15H19NO3S/c1-15(2)11-14(15)16-20(18,19)13-8-6-12(7-9-13)5-3-4-10-17/h6-9,14,16-17H,4,10-11H2,1-2H3. The monoisotopic (exact) mass is 293 g/mol. The number of rotatable bonds is 4. The first kappa shape index (κ1) is 15.0. The van der Waals surface area contributed by atoms with Gasteiger partial charge in [0.15, 0.2) is 0 Å². The van der Waals surface area contributed by atoms with Crippen LogP contribution in [0.1, 0.15) is 32.3 Å². The Labute approximate surface area is 120 Å². The van der Waals surface area contributed by atoms with Crippen LogP contribution >= 0.6 is 0 Å². The van der Waals surface area contributed by atoms with Gasteiger partial charge in [0.25, 0.3) is 0 Å². The molecule has 0 aliphatic heterocycles. The van der Waals surface area contributed by atoms with Crippen LogP contribution < -0.4 is 4.72 Å². The molecule has 1 unspecified atom stereocenters. The van der Waals surface area contributed by atoms with Gasteiger partial charge >= 0.3 is 0 Å². The summed E-state index contributed by atoms with van der Waals surface area (Å²) in [4.78, 5) is 0.257. The smallest absolute Gasteiger partial charge is 0.240 e. The van der Waals surface area contributed by atoms with Crippen molar-refractivity contribution in [2.75, 3.05) is 6.61 Å². The van der Waals surface area contributed by atoms with Crippen molar-refractivity contribution in [1.82, 2.24) is 4.72 Å². The lowest BCUT2D eigenvalue weighted by molar-refractivity contribution is 0.305. The van der Waals surface area contributed by atoms with Gasteiger partial charge in [-0.25, -0.2) is 13.1 Å². The molecule has 1 fully saturated rings. The summed E-state index contributed by atoms with van der Waals surface area (Å²) in [5.74, 6) is 5.66. The number of hydrogen-bond donors (Lipinski definition) is 2. The molecule has 1 atom stereocenters. The van der Waals surface area contributed by atoms with Crippen LogP contribution in [0.25, 0.3) is 0 Å². The number of aliphatic hydroxyl groups excluding tert-OH is 1. The Balaban J connectivity index is 2.08. The summed E-state index contributed by atoms with van der Waals surface area (Å²) in [6.07, 6.45) is 1.29. The van der Waals surface area contributed by atoms with E-state index >= 15 is 0 Å². The fraction of sp³-hybridized carbons (Fsp3) is 0.467. The van der Waals surface area contributed by atoms with Crippen LogP contribution in [0.4, 0.5) is 0 Å². The Morgan fingerprint density at radius 3 is 2.45 bits per heavy atom. The van der Waals surface area contributed by atoms with Crippen molar-refractivity contribution in [3.05, 3.63) is 29.8 Å². The zero-order valence-electron chi connectivity index (χ0n) is 11.7. The molecular weight excluding hydrogens is 274 g/mol. The Morgan fingerprint density at radius 1 is 1.35 bits per heavy atom. The van der Waals surface area contributed by atoms with Crippen LogP contribution in [0.2, 0.25) is 0 Å². The lowest BCUT2D eigenvalue weighted by Crippen LogP contribution is -2.28. The Hall–Kier alpha value is -1.35. The Kier molecular flexibility index (Phi) is 4.19. The summed E-state index contributed by atoms with van der Waals surface area (Å²) in [7, 11) is -3.45. The number of nitrogens with one attached hydrogen (secondary N) is 1. The molecule has 0 bridgehead atoms. The van der Waals surface area contributed by atoms with Crippen molar-refractivity contribution < 1.29 is 13.5 Å². The molecular formula is C15H19NO3S. The predicted molar refractivity (Wildman–Crippen MR) is 77.5 cm³/mol. The van der Waals surface area contributed by atoms with E-state index in [9.17, 15) is 8.42 Å². The summed E-state index contributed by atoms with van der Waals surface area (Å²) in [6, 6.07) is 6.49. The first-order valence-corrected chi connectivity index (χ1v) is 8.06. The highest BCUT2D eigenvalue weighted by molar-refractivity contribution is 7.89. The number of sulfonamides is 1. The van der Waals surface area contributed by atoms with Gasteiger partial charge in [0.2, 0.25) is 10.0 Å². The fourth-order valence-electron chi connectivity index (χ4n) is 1.86. The van der Waals surface area contributed by atoms with Crippen LogP contribution in [-0.4, -0.2) is 26.2 Å². The van der Waals surface area contributed by atoms with E-state index in [0.29, 0.717) is 6.42 Å². The summed E-state index contributed by atoms with van der Waals surface area (Å²) >= 11 is 0. The van der Waals surface area contributed by atoms with Gasteiger partial charge in [-0.2, -0.15) is 0 Å². The fourth-order valence-corrected chi connectivity index (χ4v) is 3.27. The molecule has 0 aromatic heterocycles. The Bertz CT molecular complexity index is 636. The van der Waals surface area contributed by atoms with Crippen LogP contribution in [0.5, 0.6) is 0 Å². The van der Waals surface area contributed by atoms with Gasteiger partial charge in [-0.05, 0) is 36.1 Å². The predicted octanol–water partition coefficient (Wildman–Crippen LogP) is 1.50.